The van der Waals surface area contributed by atoms with Gasteiger partial charge in [0.15, 0.2) is 11.5 Å². The predicted molar refractivity (Wildman–Crippen MR) is 84.3 cm³/mol. The molecule has 2 rings (SSSR count). The summed E-state index contributed by atoms with van der Waals surface area (Å²) in [5, 5.41) is 3.52. The largest absolute Gasteiger partial charge is 0.493 e. The van der Waals surface area contributed by atoms with E-state index in [1.165, 1.54) is 5.69 Å². The van der Waals surface area contributed by atoms with Crippen LogP contribution >= 0.6 is 0 Å². The topological polar surface area (TPSA) is 33.7 Å². The van der Waals surface area contributed by atoms with Crippen molar-refractivity contribution < 1.29 is 9.47 Å². The smallest absolute Gasteiger partial charge is 0.162 e. The van der Waals surface area contributed by atoms with Gasteiger partial charge in [0.1, 0.15) is 0 Å². The number of nitrogens with one attached hydrogen (secondary N) is 1. The van der Waals surface area contributed by atoms with Crippen LogP contribution in [0.3, 0.4) is 0 Å². The van der Waals surface area contributed by atoms with E-state index in [-0.39, 0.29) is 0 Å². The maximum absolute atomic E-state index is 5.45. The van der Waals surface area contributed by atoms with Crippen LogP contribution < -0.4 is 19.7 Å². The predicted octanol–water partition coefficient (Wildman–Crippen LogP) is 3.37. The Labute approximate surface area is 122 Å². The molecule has 0 bridgehead atoms. The summed E-state index contributed by atoms with van der Waals surface area (Å²) in [5.41, 5.74) is 2.35. The molecule has 0 saturated carbocycles. The second kappa shape index (κ2) is 6.25. The van der Waals surface area contributed by atoms with Crippen molar-refractivity contribution in [1.82, 2.24) is 0 Å². The van der Waals surface area contributed by atoms with Gasteiger partial charge < -0.3 is 19.7 Å². The van der Waals surface area contributed by atoms with E-state index < -0.39 is 0 Å². The molecule has 1 heterocycles. The van der Waals surface area contributed by atoms with Gasteiger partial charge in [-0.05, 0) is 12.3 Å². The van der Waals surface area contributed by atoms with E-state index in [2.05, 4.69) is 37.1 Å². The Morgan fingerprint density at radius 2 is 1.90 bits per heavy atom. The van der Waals surface area contributed by atoms with Crippen LogP contribution in [0.4, 0.5) is 11.4 Å². The van der Waals surface area contributed by atoms with Crippen molar-refractivity contribution in [3.05, 3.63) is 12.1 Å². The lowest BCUT2D eigenvalue weighted by atomic mass is 10.0. The van der Waals surface area contributed by atoms with Gasteiger partial charge in [-0.3, -0.25) is 0 Å². The van der Waals surface area contributed by atoms with E-state index in [1.54, 1.807) is 14.2 Å². The summed E-state index contributed by atoms with van der Waals surface area (Å²) in [6, 6.07) is 4.65. The third kappa shape index (κ3) is 2.79. The minimum atomic E-state index is 0.531. The highest BCUT2D eigenvalue weighted by molar-refractivity contribution is 5.77. The summed E-state index contributed by atoms with van der Waals surface area (Å²) in [6.45, 7) is 8.80. The van der Waals surface area contributed by atoms with Gasteiger partial charge in [0.2, 0.25) is 0 Å². The Hall–Kier alpha value is -1.58. The highest BCUT2D eigenvalue weighted by atomic mass is 16.5. The van der Waals surface area contributed by atoms with E-state index in [0.717, 1.165) is 36.7 Å². The molecule has 0 amide bonds. The number of nitrogens with zero attached hydrogens (tertiary/aromatic N) is 1. The fraction of sp³-hybridized carbons (Fsp3) is 0.625. The number of fused-ring (bicyclic) bond motifs is 1. The van der Waals surface area contributed by atoms with E-state index >= 15 is 0 Å². The van der Waals surface area contributed by atoms with Crippen molar-refractivity contribution in [3.8, 4) is 11.5 Å². The van der Waals surface area contributed by atoms with Gasteiger partial charge >= 0.3 is 0 Å². The second-order valence-corrected chi connectivity index (χ2v) is 5.71. The molecule has 1 aliphatic heterocycles. The van der Waals surface area contributed by atoms with Crippen LogP contribution in [0.15, 0.2) is 12.1 Å². The van der Waals surface area contributed by atoms with Gasteiger partial charge in [-0.2, -0.15) is 0 Å². The third-order valence-corrected chi connectivity index (χ3v) is 3.81. The first-order valence-corrected chi connectivity index (χ1v) is 7.37. The molecule has 0 radical (unpaired) electrons. The molecule has 0 fully saturated rings. The van der Waals surface area contributed by atoms with Crippen LogP contribution in [0.1, 0.15) is 27.2 Å². The molecule has 1 N–H and O–H groups in total. The van der Waals surface area contributed by atoms with Crippen LogP contribution in [0.25, 0.3) is 0 Å². The standard InChI is InChI=1S/C16H26N2O2/c1-6-12-9-17-13-7-15(19-4)16(20-5)8-14(13)18(12)10-11(2)3/h7-8,11-12,17H,6,9-10H2,1-5H3. The zero-order valence-corrected chi connectivity index (χ0v) is 13.2. The normalized spacial score (nSPS) is 17.7. The molecular formula is C16H26N2O2. The van der Waals surface area contributed by atoms with Crippen molar-refractivity contribution >= 4 is 11.4 Å². The average molecular weight is 278 g/mol. The zero-order valence-electron chi connectivity index (χ0n) is 13.2. The molecule has 0 spiro atoms. The third-order valence-electron chi connectivity index (χ3n) is 3.81. The number of hydrogen-bond donors (Lipinski definition) is 1. The molecule has 4 nitrogen and oxygen atoms in total. The lowest BCUT2D eigenvalue weighted by Gasteiger charge is -2.40. The van der Waals surface area contributed by atoms with Crippen molar-refractivity contribution in [1.29, 1.82) is 0 Å². The first kappa shape index (κ1) is 14.8. The van der Waals surface area contributed by atoms with E-state index in [9.17, 15) is 0 Å². The molecule has 1 unspecified atom stereocenters. The molecule has 4 heteroatoms. The van der Waals surface area contributed by atoms with Crippen molar-refractivity contribution in [2.45, 2.75) is 33.2 Å². The summed E-state index contributed by atoms with van der Waals surface area (Å²) in [6.07, 6.45) is 1.13. The highest BCUT2D eigenvalue weighted by Crippen LogP contribution is 2.41. The van der Waals surface area contributed by atoms with Crippen LogP contribution in [-0.2, 0) is 0 Å². The minimum Gasteiger partial charge on any atom is -0.493 e. The number of methoxy groups -OCH3 is 2. The minimum absolute atomic E-state index is 0.531. The fourth-order valence-electron chi connectivity index (χ4n) is 2.79. The van der Waals surface area contributed by atoms with Gasteiger partial charge in [-0.15, -0.1) is 0 Å². The highest BCUT2D eigenvalue weighted by Gasteiger charge is 2.27. The van der Waals surface area contributed by atoms with Crippen molar-refractivity contribution in [3.63, 3.8) is 0 Å². The van der Waals surface area contributed by atoms with Crippen LogP contribution in [-0.4, -0.2) is 33.4 Å². The van der Waals surface area contributed by atoms with E-state index in [4.69, 9.17) is 9.47 Å². The SMILES string of the molecule is CCC1CNc2cc(OC)c(OC)cc2N1CC(C)C. The van der Waals surface area contributed by atoms with Gasteiger partial charge in [0.05, 0.1) is 25.6 Å². The lowest BCUT2D eigenvalue weighted by Crippen LogP contribution is -2.45. The molecule has 112 valence electrons. The van der Waals surface area contributed by atoms with Crippen molar-refractivity contribution in [2.24, 2.45) is 5.92 Å². The monoisotopic (exact) mass is 278 g/mol. The molecule has 0 aliphatic carbocycles. The Bertz CT molecular complexity index is 460. The zero-order chi connectivity index (χ0) is 14.7. The first-order valence-electron chi connectivity index (χ1n) is 7.37. The average Bonchev–Trinajstić information content (AvgIpc) is 2.45. The number of benzene rings is 1. The van der Waals surface area contributed by atoms with Crippen LogP contribution in [0.5, 0.6) is 11.5 Å². The Balaban J connectivity index is 2.43. The van der Waals surface area contributed by atoms with Gasteiger partial charge in [-0.25, -0.2) is 0 Å². The summed E-state index contributed by atoms with van der Waals surface area (Å²) >= 11 is 0. The van der Waals surface area contributed by atoms with Crippen LogP contribution in [0.2, 0.25) is 0 Å². The molecule has 1 aromatic rings. The van der Waals surface area contributed by atoms with Crippen LogP contribution in [0, 0.1) is 5.92 Å². The van der Waals surface area contributed by atoms with Gasteiger partial charge in [0, 0.05) is 31.3 Å². The van der Waals surface area contributed by atoms with E-state index in [1.807, 2.05) is 6.07 Å². The molecular weight excluding hydrogens is 252 g/mol. The Kier molecular flexibility index (Phi) is 4.63. The number of rotatable bonds is 5. The number of anilines is 2. The molecule has 20 heavy (non-hydrogen) atoms. The quantitative estimate of drug-likeness (QED) is 0.895. The van der Waals surface area contributed by atoms with E-state index in [0.29, 0.717) is 12.0 Å². The lowest BCUT2D eigenvalue weighted by molar-refractivity contribution is 0.354. The van der Waals surface area contributed by atoms with Crippen molar-refractivity contribution in [2.75, 3.05) is 37.5 Å². The fourth-order valence-corrected chi connectivity index (χ4v) is 2.79. The number of hydrogen-bond acceptors (Lipinski definition) is 4. The van der Waals surface area contributed by atoms with Gasteiger partial charge in [0.25, 0.3) is 0 Å². The second-order valence-electron chi connectivity index (χ2n) is 5.71. The summed E-state index contributed by atoms with van der Waals surface area (Å²) in [5.74, 6) is 2.19. The molecule has 1 aromatic carbocycles. The summed E-state index contributed by atoms with van der Waals surface area (Å²) in [7, 11) is 3.36. The summed E-state index contributed by atoms with van der Waals surface area (Å²) in [4.78, 5) is 2.50. The maximum Gasteiger partial charge on any atom is 0.162 e. The molecule has 0 aromatic heterocycles. The Morgan fingerprint density at radius 3 is 2.45 bits per heavy atom. The first-order chi connectivity index (χ1) is 9.60. The molecule has 1 atom stereocenters. The Morgan fingerprint density at radius 1 is 1.25 bits per heavy atom. The number of ether oxygens (including phenoxy) is 2. The maximum atomic E-state index is 5.45. The molecule has 1 aliphatic rings. The molecule has 0 saturated heterocycles. The van der Waals surface area contributed by atoms with Gasteiger partial charge in [-0.1, -0.05) is 20.8 Å². The summed E-state index contributed by atoms with van der Waals surface area (Å²) < 4.78 is 10.8.